The number of phosphoric ester groups is 1. The van der Waals surface area contributed by atoms with Gasteiger partial charge in [-0.15, -0.1) is 0 Å². The van der Waals surface area contributed by atoms with Crippen molar-refractivity contribution in [1.82, 2.24) is 0 Å². The van der Waals surface area contributed by atoms with Gasteiger partial charge in [-0.3, -0.25) is 18.6 Å². The third-order valence-corrected chi connectivity index (χ3v) is 16.3. The van der Waals surface area contributed by atoms with Crippen LogP contribution in [0.5, 0.6) is 0 Å². The molecule has 10 heteroatoms. The Morgan fingerprint density at radius 2 is 0.632 bits per heavy atom. The summed E-state index contributed by atoms with van der Waals surface area (Å²) in [5, 5.41) is 0. The topological polar surface area (TPSA) is 134 Å². The van der Waals surface area contributed by atoms with Crippen LogP contribution in [0.2, 0.25) is 0 Å². The minimum Gasteiger partial charge on any atom is -0.462 e. The molecule has 0 saturated heterocycles. The molecule has 0 fully saturated rings. The second kappa shape index (κ2) is 71.5. The average Bonchev–Trinajstić information content (AvgIpc) is 3.62. The van der Waals surface area contributed by atoms with E-state index in [9.17, 15) is 19.0 Å². The molecule has 0 bridgehead atoms. The zero-order chi connectivity index (χ0) is 63.0. The first kappa shape index (κ1) is 83.4. The van der Waals surface area contributed by atoms with Gasteiger partial charge in [0.25, 0.3) is 0 Å². The molecule has 0 radical (unpaired) electrons. The van der Waals surface area contributed by atoms with Crippen molar-refractivity contribution >= 4 is 19.8 Å². The number of nitrogens with two attached hydrogens (primary N) is 1. The van der Waals surface area contributed by atoms with Gasteiger partial charge in [-0.05, 0) is 109 Å². The molecule has 0 spiro atoms. The molecular formula is C77H134NO8P. The Kier molecular flexibility index (Phi) is 68.5. The van der Waals surface area contributed by atoms with Crippen LogP contribution in [-0.2, 0) is 32.7 Å². The van der Waals surface area contributed by atoms with E-state index in [4.69, 9.17) is 24.3 Å². The van der Waals surface area contributed by atoms with Gasteiger partial charge in [-0.1, -0.05) is 322 Å². The molecule has 87 heavy (non-hydrogen) atoms. The van der Waals surface area contributed by atoms with Crippen molar-refractivity contribution in [1.29, 1.82) is 0 Å². The highest BCUT2D eigenvalue weighted by atomic mass is 31.2. The highest BCUT2D eigenvalue weighted by molar-refractivity contribution is 7.47. The van der Waals surface area contributed by atoms with Crippen molar-refractivity contribution in [3.8, 4) is 0 Å². The summed E-state index contributed by atoms with van der Waals surface area (Å²) in [5.74, 6) is -0.875. The van der Waals surface area contributed by atoms with Crippen LogP contribution in [0.25, 0.3) is 0 Å². The van der Waals surface area contributed by atoms with E-state index in [1.165, 1.54) is 199 Å². The lowest BCUT2D eigenvalue weighted by Gasteiger charge is -2.19. The standard InChI is InChI=1S/C77H134NO8P/c1-3-5-7-9-11-13-15-17-19-21-23-25-27-29-31-32-33-34-35-36-37-38-39-40-41-42-44-45-47-49-51-53-55-57-59-61-63-65-67-69-76(79)83-73-75(74-85-87(81,82)84-72-71-78)86-77(80)70-68-66-64-62-60-58-56-54-52-50-48-46-43-30-28-26-24-22-20-18-16-14-12-10-8-6-4-2/h6,8,12,14-15,17-18,20-21,23-24,26,30,43,48,50,54,56,60,62,75H,3-5,7,9-11,13,16,19,22,25,27-29,31-42,44-47,49,51-53,55,57-59,61,63-74,78H2,1-2H3,(H,81,82)/b8-6-,14-12-,17-15-,20-18-,23-21-,26-24-,43-30-,50-48-,56-54-,62-60-. The molecule has 0 amide bonds. The average molecular weight is 1230 g/mol. The van der Waals surface area contributed by atoms with Crippen molar-refractivity contribution in [2.75, 3.05) is 26.4 Å². The Bertz CT molecular complexity index is 1840. The van der Waals surface area contributed by atoms with Gasteiger partial charge in [0.15, 0.2) is 6.10 Å². The molecule has 0 aliphatic rings. The maximum atomic E-state index is 12.7. The van der Waals surface area contributed by atoms with Gasteiger partial charge in [0, 0.05) is 19.4 Å². The summed E-state index contributed by atoms with van der Waals surface area (Å²) >= 11 is 0. The molecule has 0 heterocycles. The summed E-state index contributed by atoms with van der Waals surface area (Å²) < 4.78 is 33.1. The highest BCUT2D eigenvalue weighted by Crippen LogP contribution is 2.43. The number of hydrogen-bond donors (Lipinski definition) is 2. The Labute approximate surface area is 536 Å². The van der Waals surface area contributed by atoms with Gasteiger partial charge in [-0.2, -0.15) is 0 Å². The number of hydrogen-bond acceptors (Lipinski definition) is 8. The maximum Gasteiger partial charge on any atom is 0.472 e. The third kappa shape index (κ3) is 71.4. The van der Waals surface area contributed by atoms with E-state index in [2.05, 4.69) is 135 Å². The molecule has 0 aliphatic heterocycles. The van der Waals surface area contributed by atoms with Crippen LogP contribution in [0.3, 0.4) is 0 Å². The predicted octanol–water partition coefficient (Wildman–Crippen LogP) is 23.9. The predicted molar refractivity (Wildman–Crippen MR) is 376 cm³/mol. The van der Waals surface area contributed by atoms with E-state index >= 15 is 0 Å². The van der Waals surface area contributed by atoms with Crippen molar-refractivity contribution in [2.24, 2.45) is 5.73 Å². The Morgan fingerprint density at radius 3 is 0.966 bits per heavy atom. The van der Waals surface area contributed by atoms with Crippen LogP contribution in [0.1, 0.15) is 322 Å². The number of rotatable bonds is 67. The molecule has 0 aliphatic carbocycles. The van der Waals surface area contributed by atoms with E-state index in [0.717, 1.165) is 89.9 Å². The zero-order valence-corrected chi connectivity index (χ0v) is 57.1. The molecule has 0 aromatic carbocycles. The normalized spacial score (nSPS) is 13.7. The van der Waals surface area contributed by atoms with E-state index in [0.29, 0.717) is 6.42 Å². The van der Waals surface area contributed by atoms with E-state index < -0.39 is 32.5 Å². The zero-order valence-electron chi connectivity index (χ0n) is 56.2. The molecule has 500 valence electrons. The lowest BCUT2D eigenvalue weighted by molar-refractivity contribution is -0.161. The maximum absolute atomic E-state index is 12.7. The number of ether oxygens (including phenoxy) is 2. The van der Waals surface area contributed by atoms with Gasteiger partial charge in [-0.25, -0.2) is 4.57 Å². The fraction of sp³-hybridized carbons (Fsp3) is 0.714. The monoisotopic (exact) mass is 1230 g/mol. The highest BCUT2D eigenvalue weighted by Gasteiger charge is 2.26. The first-order valence-corrected chi connectivity index (χ1v) is 37.5. The fourth-order valence-corrected chi connectivity index (χ4v) is 10.8. The van der Waals surface area contributed by atoms with Crippen LogP contribution in [0.15, 0.2) is 122 Å². The van der Waals surface area contributed by atoms with Crippen LogP contribution in [-0.4, -0.2) is 49.3 Å². The largest absolute Gasteiger partial charge is 0.472 e. The van der Waals surface area contributed by atoms with Gasteiger partial charge in [0.2, 0.25) is 0 Å². The molecule has 2 atom stereocenters. The van der Waals surface area contributed by atoms with Crippen LogP contribution in [0.4, 0.5) is 0 Å². The minimum atomic E-state index is -4.41. The van der Waals surface area contributed by atoms with Gasteiger partial charge >= 0.3 is 19.8 Å². The molecule has 0 aromatic heterocycles. The van der Waals surface area contributed by atoms with Crippen molar-refractivity contribution < 1.29 is 37.6 Å². The molecule has 0 aromatic rings. The van der Waals surface area contributed by atoms with Crippen LogP contribution >= 0.6 is 7.82 Å². The summed E-state index contributed by atoms with van der Waals surface area (Å²) in [6, 6.07) is 0. The molecule has 0 rings (SSSR count). The molecule has 3 N–H and O–H groups in total. The van der Waals surface area contributed by atoms with Crippen LogP contribution in [0, 0.1) is 0 Å². The summed E-state index contributed by atoms with van der Waals surface area (Å²) in [5.41, 5.74) is 5.40. The third-order valence-electron chi connectivity index (χ3n) is 15.3. The van der Waals surface area contributed by atoms with Crippen molar-refractivity contribution in [3.05, 3.63) is 122 Å². The smallest absolute Gasteiger partial charge is 0.462 e. The lowest BCUT2D eigenvalue weighted by Crippen LogP contribution is -2.29. The Hall–Kier alpha value is -3.59. The molecule has 0 saturated carbocycles. The summed E-state index contributed by atoms with van der Waals surface area (Å²) in [6.07, 6.45) is 100. The Morgan fingerprint density at radius 1 is 0.356 bits per heavy atom. The SMILES string of the molecule is CC/C=C\C/C=C\C/C=C\C/C=C\C/C=C\C/C=C\C/C=C\C/C=C\CCCCC(=O)OC(COC(=O)CCCCCCCCCCCCCCCCCCCCCCCCCCCCC/C=C\C/C=C\CCCCCCC)COP(=O)(O)OCCN. The van der Waals surface area contributed by atoms with Crippen LogP contribution < -0.4 is 5.73 Å². The Balaban J connectivity index is 3.88. The number of unbranched alkanes of at least 4 members (excludes halogenated alkanes) is 34. The van der Waals surface area contributed by atoms with Gasteiger partial charge in [0.1, 0.15) is 6.61 Å². The van der Waals surface area contributed by atoms with E-state index in [1.54, 1.807) is 0 Å². The molecule has 9 nitrogen and oxygen atoms in total. The first-order valence-electron chi connectivity index (χ1n) is 36.0. The quantitative estimate of drug-likeness (QED) is 0.0264. The number of allylic oxidation sites excluding steroid dienone is 20. The fourth-order valence-electron chi connectivity index (χ4n) is 10.0. The molecular weight excluding hydrogens is 1100 g/mol. The second-order valence-electron chi connectivity index (χ2n) is 23.7. The van der Waals surface area contributed by atoms with Crippen molar-refractivity contribution in [3.63, 3.8) is 0 Å². The van der Waals surface area contributed by atoms with Gasteiger partial charge < -0.3 is 20.1 Å². The number of phosphoric acid groups is 1. The van der Waals surface area contributed by atoms with E-state index in [1.807, 2.05) is 0 Å². The number of esters is 2. The van der Waals surface area contributed by atoms with Gasteiger partial charge in [0.05, 0.1) is 13.2 Å². The summed E-state index contributed by atoms with van der Waals surface area (Å²) in [7, 11) is -4.41. The number of carbonyl (C=O) groups is 2. The molecule has 2 unspecified atom stereocenters. The lowest BCUT2D eigenvalue weighted by atomic mass is 10.0. The summed E-state index contributed by atoms with van der Waals surface area (Å²) in [6.45, 7) is 3.59. The van der Waals surface area contributed by atoms with E-state index in [-0.39, 0.29) is 32.6 Å². The minimum absolute atomic E-state index is 0.0412. The first-order chi connectivity index (χ1) is 42.8. The second-order valence-corrected chi connectivity index (χ2v) is 25.2. The van der Waals surface area contributed by atoms with Crippen molar-refractivity contribution in [2.45, 2.75) is 328 Å². The summed E-state index contributed by atoms with van der Waals surface area (Å²) in [4.78, 5) is 35.3. The number of carbonyl (C=O) groups excluding carboxylic acids is 2.